The summed E-state index contributed by atoms with van der Waals surface area (Å²) < 4.78 is 0. The van der Waals surface area contributed by atoms with Crippen molar-refractivity contribution in [1.82, 2.24) is 5.32 Å². The van der Waals surface area contributed by atoms with Crippen molar-refractivity contribution < 1.29 is 14.8 Å². The second-order valence-electron chi connectivity index (χ2n) is 5.59. The van der Waals surface area contributed by atoms with Crippen LogP contribution < -0.4 is 5.32 Å². The van der Waals surface area contributed by atoms with Crippen molar-refractivity contribution in [2.24, 2.45) is 0 Å². The Bertz CT molecular complexity index is 688. The quantitative estimate of drug-likeness (QED) is 0.545. The van der Waals surface area contributed by atoms with Crippen LogP contribution in [-0.4, -0.2) is 22.0 Å². The number of carboxylic acids is 1. The summed E-state index contributed by atoms with van der Waals surface area (Å²) in [6, 6.07) is 16.3. The number of nitro groups is 1. The molecular formula is C18H20N2O4. The van der Waals surface area contributed by atoms with Crippen molar-refractivity contribution in [1.29, 1.82) is 0 Å². The molecule has 2 aromatic rings. The molecule has 0 aliphatic carbocycles. The molecule has 126 valence electrons. The maximum absolute atomic E-state index is 11.1. The zero-order valence-corrected chi connectivity index (χ0v) is 13.2. The van der Waals surface area contributed by atoms with Gasteiger partial charge in [-0.15, -0.1) is 0 Å². The second-order valence-corrected chi connectivity index (χ2v) is 5.59. The van der Waals surface area contributed by atoms with Crippen molar-refractivity contribution >= 4 is 11.7 Å². The van der Waals surface area contributed by atoms with Crippen LogP contribution in [0.1, 0.15) is 24.0 Å². The summed E-state index contributed by atoms with van der Waals surface area (Å²) >= 11 is 0. The molecule has 0 spiro atoms. The van der Waals surface area contributed by atoms with Crippen LogP contribution in [0, 0.1) is 10.1 Å². The van der Waals surface area contributed by atoms with Crippen LogP contribution in [0.5, 0.6) is 0 Å². The molecule has 2 N–H and O–H groups in total. The van der Waals surface area contributed by atoms with Crippen LogP contribution in [0.2, 0.25) is 0 Å². The molecule has 0 saturated heterocycles. The van der Waals surface area contributed by atoms with Crippen molar-refractivity contribution in [3.8, 4) is 0 Å². The molecule has 6 nitrogen and oxygen atoms in total. The lowest BCUT2D eigenvalue weighted by Crippen LogP contribution is -2.31. The van der Waals surface area contributed by atoms with Gasteiger partial charge in [-0.05, 0) is 18.4 Å². The van der Waals surface area contributed by atoms with E-state index < -0.39 is 10.9 Å². The SMILES string of the molecule is O=C(O)CCC(Cc1ccccc1)NCc1ccccc1[N+](=O)[O-]. The number of hydrogen-bond acceptors (Lipinski definition) is 4. The van der Waals surface area contributed by atoms with Crippen LogP contribution in [-0.2, 0) is 17.8 Å². The average Bonchev–Trinajstić information content (AvgIpc) is 2.58. The Morgan fingerprint density at radius 3 is 2.46 bits per heavy atom. The first-order valence-electron chi connectivity index (χ1n) is 7.77. The van der Waals surface area contributed by atoms with E-state index >= 15 is 0 Å². The van der Waals surface area contributed by atoms with Crippen molar-refractivity contribution in [2.75, 3.05) is 0 Å². The van der Waals surface area contributed by atoms with Gasteiger partial charge in [-0.2, -0.15) is 0 Å². The Labute approximate surface area is 140 Å². The van der Waals surface area contributed by atoms with Gasteiger partial charge in [-0.3, -0.25) is 14.9 Å². The Morgan fingerprint density at radius 1 is 1.12 bits per heavy atom. The predicted octanol–water partition coefficient (Wildman–Crippen LogP) is 3.16. The molecule has 2 aromatic carbocycles. The molecule has 24 heavy (non-hydrogen) atoms. The Kier molecular flexibility index (Phi) is 6.45. The van der Waals surface area contributed by atoms with Gasteiger partial charge in [0.1, 0.15) is 0 Å². The minimum Gasteiger partial charge on any atom is -0.481 e. The van der Waals surface area contributed by atoms with E-state index in [-0.39, 0.29) is 18.2 Å². The first-order valence-corrected chi connectivity index (χ1v) is 7.77. The lowest BCUT2D eigenvalue weighted by Gasteiger charge is -2.18. The highest BCUT2D eigenvalue weighted by Crippen LogP contribution is 2.18. The molecule has 1 unspecified atom stereocenters. The van der Waals surface area contributed by atoms with E-state index in [4.69, 9.17) is 5.11 Å². The topological polar surface area (TPSA) is 92.5 Å². The highest BCUT2D eigenvalue weighted by molar-refractivity contribution is 5.66. The van der Waals surface area contributed by atoms with Crippen LogP contribution in [0.3, 0.4) is 0 Å². The molecule has 0 aliphatic rings. The molecule has 0 heterocycles. The maximum atomic E-state index is 11.1. The van der Waals surface area contributed by atoms with E-state index in [9.17, 15) is 14.9 Å². The second kappa shape index (κ2) is 8.79. The normalized spacial score (nSPS) is 11.8. The Morgan fingerprint density at radius 2 is 1.79 bits per heavy atom. The number of benzene rings is 2. The molecule has 1 atom stereocenters. The molecule has 0 radical (unpaired) electrons. The van der Waals surface area contributed by atoms with E-state index in [0.29, 0.717) is 24.9 Å². The Balaban J connectivity index is 2.05. The van der Waals surface area contributed by atoms with Crippen molar-refractivity contribution in [3.63, 3.8) is 0 Å². The summed E-state index contributed by atoms with van der Waals surface area (Å²) in [5, 5.41) is 23.3. The summed E-state index contributed by atoms with van der Waals surface area (Å²) in [7, 11) is 0. The number of rotatable bonds is 9. The van der Waals surface area contributed by atoms with Crippen LogP contribution in [0.15, 0.2) is 54.6 Å². The summed E-state index contributed by atoms with van der Waals surface area (Å²) in [6.07, 6.45) is 1.20. The van der Waals surface area contributed by atoms with Gasteiger partial charge in [0.2, 0.25) is 0 Å². The third-order valence-electron chi connectivity index (χ3n) is 3.80. The average molecular weight is 328 g/mol. The molecule has 0 amide bonds. The van der Waals surface area contributed by atoms with E-state index in [1.807, 2.05) is 30.3 Å². The Hall–Kier alpha value is -2.73. The third-order valence-corrected chi connectivity index (χ3v) is 3.80. The fourth-order valence-electron chi connectivity index (χ4n) is 2.57. The number of para-hydroxylation sites is 1. The zero-order chi connectivity index (χ0) is 17.4. The van der Waals surface area contributed by atoms with Gasteiger partial charge in [-0.25, -0.2) is 0 Å². The smallest absolute Gasteiger partial charge is 0.303 e. The first kappa shape index (κ1) is 17.6. The number of aliphatic carboxylic acids is 1. The number of carbonyl (C=O) groups is 1. The first-order chi connectivity index (χ1) is 11.6. The van der Waals surface area contributed by atoms with Crippen LogP contribution >= 0.6 is 0 Å². The number of nitrogens with one attached hydrogen (secondary N) is 1. The fraction of sp³-hybridized carbons (Fsp3) is 0.278. The largest absolute Gasteiger partial charge is 0.481 e. The monoisotopic (exact) mass is 328 g/mol. The summed E-state index contributed by atoms with van der Waals surface area (Å²) in [4.78, 5) is 21.5. The van der Waals surface area contributed by atoms with Gasteiger partial charge in [0, 0.05) is 30.6 Å². The predicted molar refractivity (Wildman–Crippen MR) is 90.7 cm³/mol. The van der Waals surface area contributed by atoms with E-state index in [0.717, 1.165) is 5.56 Å². The summed E-state index contributed by atoms with van der Waals surface area (Å²) in [6.45, 7) is 0.328. The fourth-order valence-corrected chi connectivity index (χ4v) is 2.57. The third kappa shape index (κ3) is 5.48. The number of hydrogen-bond donors (Lipinski definition) is 2. The van der Waals surface area contributed by atoms with Crippen LogP contribution in [0.25, 0.3) is 0 Å². The van der Waals surface area contributed by atoms with Crippen molar-refractivity contribution in [2.45, 2.75) is 31.8 Å². The standard InChI is InChI=1S/C18H20N2O4/c21-18(22)11-10-16(12-14-6-2-1-3-7-14)19-13-15-8-4-5-9-17(15)20(23)24/h1-9,16,19H,10-13H2,(H,21,22). The van der Waals surface area contributed by atoms with Gasteiger partial charge in [0.15, 0.2) is 0 Å². The highest BCUT2D eigenvalue weighted by Gasteiger charge is 2.16. The molecule has 0 bridgehead atoms. The van der Waals surface area contributed by atoms with Gasteiger partial charge in [-0.1, -0.05) is 48.5 Å². The molecular weight excluding hydrogens is 308 g/mol. The lowest BCUT2D eigenvalue weighted by atomic mass is 10.0. The summed E-state index contributed by atoms with van der Waals surface area (Å²) in [5.41, 5.74) is 1.76. The minimum atomic E-state index is -0.847. The number of nitrogens with zero attached hydrogens (tertiary/aromatic N) is 1. The summed E-state index contributed by atoms with van der Waals surface area (Å²) in [5.74, 6) is -0.847. The van der Waals surface area contributed by atoms with E-state index in [1.165, 1.54) is 6.07 Å². The molecule has 6 heteroatoms. The zero-order valence-electron chi connectivity index (χ0n) is 13.2. The van der Waals surface area contributed by atoms with Gasteiger partial charge < -0.3 is 10.4 Å². The van der Waals surface area contributed by atoms with Gasteiger partial charge in [0.25, 0.3) is 5.69 Å². The highest BCUT2D eigenvalue weighted by atomic mass is 16.6. The van der Waals surface area contributed by atoms with Crippen molar-refractivity contribution in [3.05, 3.63) is 75.8 Å². The molecule has 0 saturated carbocycles. The number of nitro benzene ring substituents is 1. The van der Waals surface area contributed by atoms with E-state index in [2.05, 4.69) is 5.32 Å². The van der Waals surface area contributed by atoms with Gasteiger partial charge in [0.05, 0.1) is 4.92 Å². The minimum absolute atomic E-state index is 0.0569. The lowest BCUT2D eigenvalue weighted by molar-refractivity contribution is -0.385. The van der Waals surface area contributed by atoms with Crippen LogP contribution in [0.4, 0.5) is 5.69 Å². The van der Waals surface area contributed by atoms with Gasteiger partial charge >= 0.3 is 5.97 Å². The van der Waals surface area contributed by atoms with E-state index in [1.54, 1.807) is 18.2 Å². The molecule has 0 aliphatic heterocycles. The molecule has 2 rings (SSSR count). The molecule has 0 aromatic heterocycles. The number of carboxylic acid groups (broad SMARTS) is 1. The molecule has 0 fully saturated rings. The maximum Gasteiger partial charge on any atom is 0.303 e.